The van der Waals surface area contributed by atoms with Crippen LogP contribution >= 0.6 is 0 Å². The van der Waals surface area contributed by atoms with Gasteiger partial charge in [0.1, 0.15) is 0 Å². The smallest absolute Gasteiger partial charge is 0.216 e. The van der Waals surface area contributed by atoms with Gasteiger partial charge in [0.15, 0.2) is 11.6 Å². The van der Waals surface area contributed by atoms with Crippen molar-refractivity contribution in [1.29, 1.82) is 0 Å². The molecule has 0 radical (unpaired) electrons. The minimum atomic E-state index is 0.529. The molecule has 0 aromatic carbocycles. The lowest BCUT2D eigenvalue weighted by atomic mass is 10.4. The minimum Gasteiger partial charge on any atom is -0.481 e. The maximum absolute atomic E-state index is 5.14. The molecule has 2 rings (SSSR count). The van der Waals surface area contributed by atoms with Crippen molar-refractivity contribution < 1.29 is 9.15 Å². The van der Waals surface area contributed by atoms with E-state index in [1.807, 2.05) is 0 Å². The highest BCUT2D eigenvalue weighted by molar-refractivity contribution is 5.46. The zero-order chi connectivity index (χ0) is 9.10. The van der Waals surface area contributed by atoms with Crippen LogP contribution in [-0.2, 0) is 0 Å². The van der Waals surface area contributed by atoms with E-state index in [0.29, 0.717) is 17.5 Å². The first-order valence-electron chi connectivity index (χ1n) is 3.81. The Morgan fingerprint density at radius 2 is 2.31 bits per heavy atom. The third-order valence-electron chi connectivity index (χ3n) is 1.58. The third kappa shape index (κ3) is 1.51. The zero-order valence-electron chi connectivity index (χ0n) is 7.10. The van der Waals surface area contributed by atoms with Crippen LogP contribution in [0.2, 0.25) is 0 Å². The predicted molar refractivity (Wildman–Crippen MR) is 46.3 cm³/mol. The Morgan fingerprint density at radius 1 is 1.38 bits per heavy atom. The minimum absolute atomic E-state index is 0.529. The Morgan fingerprint density at radius 3 is 3.00 bits per heavy atom. The summed E-state index contributed by atoms with van der Waals surface area (Å²) in [5.74, 6) is 1.70. The van der Waals surface area contributed by atoms with Crippen molar-refractivity contribution in [2.75, 3.05) is 7.11 Å². The van der Waals surface area contributed by atoms with Crippen LogP contribution in [0, 0.1) is 0 Å². The van der Waals surface area contributed by atoms with E-state index in [-0.39, 0.29) is 0 Å². The number of furan rings is 1. The molecule has 2 heterocycles. The van der Waals surface area contributed by atoms with Gasteiger partial charge in [0.05, 0.1) is 13.4 Å². The van der Waals surface area contributed by atoms with E-state index in [2.05, 4.69) is 9.97 Å². The molecule has 0 unspecified atom stereocenters. The Balaban J connectivity index is 2.41. The fourth-order valence-corrected chi connectivity index (χ4v) is 0.980. The number of nitrogens with zero attached hydrogens (tertiary/aromatic N) is 2. The van der Waals surface area contributed by atoms with E-state index in [0.717, 1.165) is 0 Å². The van der Waals surface area contributed by atoms with Crippen LogP contribution in [0.4, 0.5) is 0 Å². The van der Waals surface area contributed by atoms with E-state index >= 15 is 0 Å². The van der Waals surface area contributed by atoms with Crippen LogP contribution in [-0.4, -0.2) is 17.1 Å². The van der Waals surface area contributed by atoms with E-state index in [1.54, 1.807) is 37.8 Å². The molecule has 0 amide bonds. The van der Waals surface area contributed by atoms with Gasteiger partial charge in [0.2, 0.25) is 5.88 Å². The summed E-state index contributed by atoms with van der Waals surface area (Å²) >= 11 is 0. The van der Waals surface area contributed by atoms with Gasteiger partial charge < -0.3 is 9.15 Å². The number of rotatable bonds is 2. The average molecular weight is 176 g/mol. The van der Waals surface area contributed by atoms with E-state index in [9.17, 15) is 0 Å². The SMILES string of the molecule is COc1ccnc(-c2ccco2)n1. The van der Waals surface area contributed by atoms with Gasteiger partial charge in [-0.25, -0.2) is 4.98 Å². The molecule has 0 saturated heterocycles. The third-order valence-corrected chi connectivity index (χ3v) is 1.58. The normalized spacial score (nSPS) is 9.92. The van der Waals surface area contributed by atoms with Crippen molar-refractivity contribution >= 4 is 0 Å². The summed E-state index contributed by atoms with van der Waals surface area (Å²) in [5.41, 5.74) is 0. The molecule has 66 valence electrons. The number of aromatic nitrogens is 2. The van der Waals surface area contributed by atoms with E-state index < -0.39 is 0 Å². The summed E-state index contributed by atoms with van der Waals surface area (Å²) in [6.07, 6.45) is 3.21. The van der Waals surface area contributed by atoms with Crippen LogP contribution in [0.1, 0.15) is 0 Å². The highest BCUT2D eigenvalue weighted by Crippen LogP contribution is 2.16. The number of hydrogen-bond donors (Lipinski definition) is 0. The fraction of sp³-hybridized carbons (Fsp3) is 0.111. The molecule has 0 saturated carbocycles. The molecule has 0 atom stereocenters. The molecular weight excluding hydrogens is 168 g/mol. The van der Waals surface area contributed by atoms with Gasteiger partial charge in [-0.2, -0.15) is 4.98 Å². The van der Waals surface area contributed by atoms with Gasteiger partial charge in [-0.05, 0) is 12.1 Å². The molecule has 0 aliphatic heterocycles. The zero-order valence-corrected chi connectivity index (χ0v) is 7.10. The maximum atomic E-state index is 5.14. The predicted octanol–water partition coefficient (Wildman–Crippen LogP) is 1.75. The lowest BCUT2D eigenvalue weighted by Crippen LogP contribution is -1.91. The molecular formula is C9H8N2O2. The first-order chi connectivity index (χ1) is 6.40. The topological polar surface area (TPSA) is 48.2 Å². The Hall–Kier alpha value is -1.84. The van der Waals surface area contributed by atoms with Gasteiger partial charge >= 0.3 is 0 Å². The lowest BCUT2D eigenvalue weighted by Gasteiger charge is -1.98. The van der Waals surface area contributed by atoms with Crippen molar-refractivity contribution in [3.63, 3.8) is 0 Å². The number of methoxy groups -OCH3 is 1. The summed E-state index contributed by atoms with van der Waals surface area (Å²) in [6, 6.07) is 5.28. The largest absolute Gasteiger partial charge is 0.481 e. The Bertz CT molecular complexity index is 384. The first-order valence-corrected chi connectivity index (χ1v) is 3.81. The van der Waals surface area contributed by atoms with Gasteiger partial charge in [0, 0.05) is 12.3 Å². The van der Waals surface area contributed by atoms with Gasteiger partial charge in [-0.1, -0.05) is 0 Å². The van der Waals surface area contributed by atoms with Crippen LogP contribution in [0.5, 0.6) is 5.88 Å². The summed E-state index contributed by atoms with van der Waals surface area (Å²) in [5, 5.41) is 0. The summed E-state index contributed by atoms with van der Waals surface area (Å²) in [6.45, 7) is 0. The standard InChI is InChI=1S/C9H8N2O2/c1-12-8-4-5-10-9(11-8)7-3-2-6-13-7/h2-6H,1H3. The highest BCUT2D eigenvalue weighted by atomic mass is 16.5. The highest BCUT2D eigenvalue weighted by Gasteiger charge is 2.04. The van der Waals surface area contributed by atoms with E-state index in [4.69, 9.17) is 9.15 Å². The second kappa shape index (κ2) is 3.26. The molecule has 13 heavy (non-hydrogen) atoms. The monoisotopic (exact) mass is 176 g/mol. The number of ether oxygens (including phenoxy) is 1. The van der Waals surface area contributed by atoms with Crippen molar-refractivity contribution in [1.82, 2.24) is 9.97 Å². The molecule has 2 aromatic rings. The quantitative estimate of drug-likeness (QED) is 0.699. The first kappa shape index (κ1) is 7.79. The second-order valence-corrected chi connectivity index (χ2v) is 2.40. The molecule has 0 spiro atoms. The van der Waals surface area contributed by atoms with Crippen molar-refractivity contribution in [2.24, 2.45) is 0 Å². The molecule has 4 heteroatoms. The molecule has 0 aliphatic carbocycles. The van der Waals surface area contributed by atoms with Crippen LogP contribution in [0.25, 0.3) is 11.6 Å². The molecule has 0 N–H and O–H groups in total. The maximum Gasteiger partial charge on any atom is 0.216 e. The van der Waals surface area contributed by atoms with E-state index in [1.165, 1.54) is 0 Å². The summed E-state index contributed by atoms with van der Waals surface area (Å²) in [7, 11) is 1.56. The summed E-state index contributed by atoms with van der Waals surface area (Å²) in [4.78, 5) is 8.15. The Kier molecular flexibility index (Phi) is 1.96. The van der Waals surface area contributed by atoms with Gasteiger partial charge in [-0.15, -0.1) is 0 Å². The molecule has 2 aromatic heterocycles. The lowest BCUT2D eigenvalue weighted by molar-refractivity contribution is 0.397. The van der Waals surface area contributed by atoms with Crippen LogP contribution in [0.15, 0.2) is 35.1 Å². The second-order valence-electron chi connectivity index (χ2n) is 2.40. The van der Waals surface area contributed by atoms with Gasteiger partial charge in [-0.3, -0.25) is 0 Å². The number of hydrogen-bond acceptors (Lipinski definition) is 4. The van der Waals surface area contributed by atoms with Crippen LogP contribution < -0.4 is 4.74 Å². The molecule has 0 aliphatic rings. The average Bonchev–Trinajstić information content (AvgIpc) is 2.71. The van der Waals surface area contributed by atoms with Gasteiger partial charge in [0.25, 0.3) is 0 Å². The molecule has 0 bridgehead atoms. The van der Waals surface area contributed by atoms with Crippen molar-refractivity contribution in [3.8, 4) is 17.5 Å². The Labute approximate surface area is 75.2 Å². The van der Waals surface area contributed by atoms with Crippen molar-refractivity contribution in [2.45, 2.75) is 0 Å². The summed E-state index contributed by atoms with van der Waals surface area (Å²) < 4.78 is 10.1. The fourth-order valence-electron chi connectivity index (χ4n) is 0.980. The molecule has 4 nitrogen and oxygen atoms in total. The van der Waals surface area contributed by atoms with Crippen molar-refractivity contribution in [3.05, 3.63) is 30.7 Å². The molecule has 0 fully saturated rings. The van der Waals surface area contributed by atoms with Crippen LogP contribution in [0.3, 0.4) is 0 Å².